The quantitative estimate of drug-likeness (QED) is 0.359. The predicted molar refractivity (Wildman–Crippen MR) is 56.7 cm³/mol. The van der Waals surface area contributed by atoms with Crippen LogP contribution in [0, 0.1) is 0 Å². The van der Waals surface area contributed by atoms with Gasteiger partial charge in [0.25, 0.3) is 0 Å². The van der Waals surface area contributed by atoms with E-state index < -0.39 is 37.3 Å². The van der Waals surface area contributed by atoms with Gasteiger partial charge in [-0.25, -0.2) is 0 Å². The number of ether oxygens (including phenoxy) is 1. The van der Waals surface area contributed by atoms with Crippen molar-refractivity contribution in [2.45, 2.75) is 50.4 Å². The number of aliphatic hydroxyl groups excluding tert-OH is 4. The van der Waals surface area contributed by atoms with E-state index in [0.29, 0.717) is 6.54 Å². The first kappa shape index (κ1) is 13.8. The van der Waals surface area contributed by atoms with E-state index in [-0.39, 0.29) is 0 Å². The number of unbranched alkanes of at least 4 members (excludes halogenated alkanes) is 1. The van der Waals surface area contributed by atoms with E-state index in [2.05, 4.69) is 5.32 Å². The highest BCUT2D eigenvalue weighted by molar-refractivity contribution is 4.92. The molecule has 0 aliphatic carbocycles. The molecule has 1 heterocycles. The maximum absolute atomic E-state index is 9.75. The molecule has 0 aromatic heterocycles. The summed E-state index contributed by atoms with van der Waals surface area (Å²) in [4.78, 5) is 0. The van der Waals surface area contributed by atoms with Crippen LogP contribution in [-0.2, 0) is 4.74 Å². The average molecular weight is 235 g/mol. The van der Waals surface area contributed by atoms with Crippen molar-refractivity contribution in [3.63, 3.8) is 0 Å². The van der Waals surface area contributed by atoms with Crippen molar-refractivity contribution in [1.82, 2.24) is 5.32 Å². The Morgan fingerprint density at radius 1 is 1.19 bits per heavy atom. The molecule has 0 radical (unpaired) electrons. The molecule has 1 rings (SSSR count). The molecule has 6 nitrogen and oxygen atoms in total. The standard InChI is InChI=1S/C10H21NO5/c1-2-3-4-11-7-9(14)8(13)6(5-12)16-10(7)15/h6-15H,2-5H2,1H3/t6-,7+,8-,9-,10+/m1/s1. The van der Waals surface area contributed by atoms with E-state index in [1.807, 2.05) is 6.92 Å². The van der Waals surface area contributed by atoms with Crippen molar-refractivity contribution in [2.24, 2.45) is 0 Å². The Bertz CT molecular complexity index is 204. The van der Waals surface area contributed by atoms with Gasteiger partial charge in [-0.05, 0) is 13.0 Å². The molecule has 0 spiro atoms. The molecule has 0 saturated carbocycles. The largest absolute Gasteiger partial charge is 0.394 e. The van der Waals surface area contributed by atoms with Crippen LogP contribution in [0.2, 0.25) is 0 Å². The molecule has 96 valence electrons. The van der Waals surface area contributed by atoms with E-state index in [1.165, 1.54) is 0 Å². The van der Waals surface area contributed by atoms with Crippen LogP contribution in [0.3, 0.4) is 0 Å². The fourth-order valence-corrected chi connectivity index (χ4v) is 1.76. The first-order chi connectivity index (χ1) is 7.61. The van der Waals surface area contributed by atoms with Crippen LogP contribution < -0.4 is 5.32 Å². The van der Waals surface area contributed by atoms with Gasteiger partial charge in [0, 0.05) is 0 Å². The molecule has 0 bridgehead atoms. The Labute approximate surface area is 94.9 Å². The summed E-state index contributed by atoms with van der Waals surface area (Å²) in [6.07, 6.45) is -2.57. The average Bonchev–Trinajstić information content (AvgIpc) is 2.28. The Kier molecular flexibility index (Phi) is 5.60. The zero-order valence-corrected chi connectivity index (χ0v) is 9.41. The number of aliphatic hydroxyl groups is 4. The highest BCUT2D eigenvalue weighted by Gasteiger charge is 2.43. The summed E-state index contributed by atoms with van der Waals surface area (Å²) >= 11 is 0. The number of nitrogens with one attached hydrogen (secondary N) is 1. The Balaban J connectivity index is 2.50. The van der Waals surface area contributed by atoms with Crippen LogP contribution in [0.4, 0.5) is 0 Å². The van der Waals surface area contributed by atoms with Crippen molar-refractivity contribution < 1.29 is 25.2 Å². The fourth-order valence-electron chi connectivity index (χ4n) is 1.76. The van der Waals surface area contributed by atoms with Gasteiger partial charge in [0.15, 0.2) is 6.29 Å². The topological polar surface area (TPSA) is 102 Å². The predicted octanol–water partition coefficient (Wildman–Crippen LogP) is -1.82. The molecule has 1 fully saturated rings. The second-order valence-electron chi connectivity index (χ2n) is 4.06. The SMILES string of the molecule is CCCCN[C@H]1[C@@H](O)[C@H](O)[C@@H](CO)O[C@@H]1O. The molecule has 1 saturated heterocycles. The van der Waals surface area contributed by atoms with Gasteiger partial charge in [0.2, 0.25) is 0 Å². The summed E-state index contributed by atoms with van der Waals surface area (Å²) in [7, 11) is 0. The molecule has 1 aliphatic heterocycles. The number of hydrogen-bond acceptors (Lipinski definition) is 6. The fraction of sp³-hybridized carbons (Fsp3) is 1.00. The smallest absolute Gasteiger partial charge is 0.173 e. The molecular formula is C10H21NO5. The van der Waals surface area contributed by atoms with E-state index in [9.17, 15) is 15.3 Å². The third kappa shape index (κ3) is 3.13. The zero-order chi connectivity index (χ0) is 12.1. The Hall–Kier alpha value is -0.240. The second kappa shape index (κ2) is 6.48. The molecule has 0 amide bonds. The first-order valence-electron chi connectivity index (χ1n) is 5.65. The van der Waals surface area contributed by atoms with Gasteiger partial charge in [0.05, 0.1) is 12.6 Å². The van der Waals surface area contributed by atoms with Gasteiger partial charge < -0.3 is 30.5 Å². The third-order valence-electron chi connectivity index (χ3n) is 2.81. The van der Waals surface area contributed by atoms with Gasteiger partial charge in [0.1, 0.15) is 18.3 Å². The number of hydrogen-bond donors (Lipinski definition) is 5. The molecule has 5 atom stereocenters. The molecule has 6 heteroatoms. The Morgan fingerprint density at radius 2 is 1.88 bits per heavy atom. The lowest BCUT2D eigenvalue weighted by Crippen LogP contribution is -2.63. The summed E-state index contributed by atoms with van der Waals surface area (Å²) in [5, 5.41) is 40.7. The second-order valence-corrected chi connectivity index (χ2v) is 4.06. The van der Waals surface area contributed by atoms with Crippen LogP contribution >= 0.6 is 0 Å². The van der Waals surface area contributed by atoms with Crippen LogP contribution in [0.5, 0.6) is 0 Å². The molecule has 0 aromatic carbocycles. The molecule has 1 aliphatic rings. The van der Waals surface area contributed by atoms with Gasteiger partial charge in [-0.15, -0.1) is 0 Å². The Morgan fingerprint density at radius 3 is 2.44 bits per heavy atom. The van der Waals surface area contributed by atoms with Gasteiger partial charge in [-0.2, -0.15) is 0 Å². The lowest BCUT2D eigenvalue weighted by molar-refractivity contribution is -0.254. The maximum Gasteiger partial charge on any atom is 0.173 e. The van der Waals surface area contributed by atoms with E-state index in [0.717, 1.165) is 12.8 Å². The first-order valence-corrected chi connectivity index (χ1v) is 5.65. The van der Waals surface area contributed by atoms with Crippen LogP contribution in [0.25, 0.3) is 0 Å². The number of rotatable bonds is 5. The third-order valence-corrected chi connectivity index (χ3v) is 2.81. The van der Waals surface area contributed by atoms with Gasteiger partial charge in [-0.1, -0.05) is 13.3 Å². The summed E-state index contributed by atoms with van der Waals surface area (Å²) in [5.41, 5.74) is 0. The van der Waals surface area contributed by atoms with Crippen molar-refractivity contribution in [3.8, 4) is 0 Å². The lowest BCUT2D eigenvalue weighted by atomic mass is 9.97. The minimum absolute atomic E-state index is 0.434. The van der Waals surface area contributed by atoms with Crippen molar-refractivity contribution in [1.29, 1.82) is 0 Å². The minimum Gasteiger partial charge on any atom is -0.394 e. The maximum atomic E-state index is 9.75. The normalized spacial score (nSPS) is 39.9. The summed E-state index contributed by atoms with van der Waals surface area (Å²) in [6, 6.07) is -0.718. The van der Waals surface area contributed by atoms with E-state index in [1.54, 1.807) is 0 Å². The molecule has 0 aromatic rings. The van der Waals surface area contributed by atoms with E-state index in [4.69, 9.17) is 9.84 Å². The molecule has 16 heavy (non-hydrogen) atoms. The monoisotopic (exact) mass is 235 g/mol. The molecular weight excluding hydrogens is 214 g/mol. The van der Waals surface area contributed by atoms with Gasteiger partial charge >= 0.3 is 0 Å². The zero-order valence-electron chi connectivity index (χ0n) is 9.41. The summed E-state index contributed by atoms with van der Waals surface area (Å²) in [5.74, 6) is 0. The van der Waals surface area contributed by atoms with Crippen LogP contribution in [0.1, 0.15) is 19.8 Å². The molecule has 0 unspecified atom stereocenters. The van der Waals surface area contributed by atoms with Crippen LogP contribution in [-0.4, -0.2) is 64.2 Å². The summed E-state index contributed by atoms with van der Waals surface area (Å²) < 4.78 is 4.99. The minimum atomic E-state index is -1.22. The van der Waals surface area contributed by atoms with Crippen molar-refractivity contribution >= 4 is 0 Å². The van der Waals surface area contributed by atoms with Crippen LogP contribution in [0.15, 0.2) is 0 Å². The highest BCUT2D eigenvalue weighted by atomic mass is 16.6. The van der Waals surface area contributed by atoms with Crippen molar-refractivity contribution in [2.75, 3.05) is 13.2 Å². The van der Waals surface area contributed by atoms with Gasteiger partial charge in [-0.3, -0.25) is 0 Å². The van der Waals surface area contributed by atoms with E-state index >= 15 is 0 Å². The lowest BCUT2D eigenvalue weighted by Gasteiger charge is -2.40. The molecule has 5 N–H and O–H groups in total. The van der Waals surface area contributed by atoms with Crippen molar-refractivity contribution in [3.05, 3.63) is 0 Å². The summed E-state index contributed by atoms with van der Waals surface area (Å²) in [6.45, 7) is 2.23. The highest BCUT2D eigenvalue weighted by Crippen LogP contribution is 2.19.